The average Bonchev–Trinajstić information content (AvgIpc) is 2.81. The number of imidazole rings is 1. The Bertz CT molecular complexity index is 621. The topological polar surface area (TPSA) is 94.0 Å². The first kappa shape index (κ1) is 11.9. The number of aromatic nitrogens is 3. The van der Waals surface area contributed by atoms with Gasteiger partial charge in [0.05, 0.1) is 5.69 Å². The third-order valence-electron chi connectivity index (χ3n) is 3.38. The van der Waals surface area contributed by atoms with Crippen molar-refractivity contribution in [2.45, 2.75) is 25.4 Å². The predicted molar refractivity (Wildman–Crippen MR) is 68.6 cm³/mol. The zero-order valence-electron chi connectivity index (χ0n) is 10.3. The normalized spacial score (nSPS) is 18.1. The van der Waals surface area contributed by atoms with Crippen molar-refractivity contribution in [3.8, 4) is 11.4 Å². The van der Waals surface area contributed by atoms with Gasteiger partial charge in [-0.05, 0) is 25.0 Å². The second kappa shape index (κ2) is 4.47. The zero-order valence-corrected chi connectivity index (χ0v) is 10.3. The molecule has 98 valence electrons. The van der Waals surface area contributed by atoms with E-state index < -0.39 is 5.97 Å². The molecule has 0 spiro atoms. The molecule has 2 aromatic rings. The molecule has 0 saturated heterocycles. The van der Waals surface area contributed by atoms with Gasteiger partial charge in [0.1, 0.15) is 5.82 Å². The van der Waals surface area contributed by atoms with E-state index in [1.54, 1.807) is 18.5 Å². The minimum atomic E-state index is -1.03. The Morgan fingerprint density at radius 3 is 3.05 bits per heavy atom. The number of aromatic carboxylic acids is 1. The van der Waals surface area contributed by atoms with Crippen molar-refractivity contribution in [2.75, 3.05) is 0 Å². The predicted octanol–water partition coefficient (Wildman–Crippen LogP) is 1.44. The standard InChI is InChI=1S/C13H14N4O2/c14-9-4-2-6-17-11(9)10(13(18)19)16-12(17)8-3-1-5-15-7-8/h1,3,5,7,9H,2,4,6,14H2,(H,18,19). The van der Waals surface area contributed by atoms with Crippen LogP contribution in [0.25, 0.3) is 11.4 Å². The number of hydrogen-bond donors (Lipinski definition) is 2. The van der Waals surface area contributed by atoms with Crippen LogP contribution in [0.5, 0.6) is 0 Å². The first-order valence-corrected chi connectivity index (χ1v) is 6.18. The molecule has 1 aliphatic rings. The molecule has 0 saturated carbocycles. The Labute approximate surface area is 109 Å². The Balaban J connectivity index is 2.22. The van der Waals surface area contributed by atoms with Crippen molar-refractivity contribution >= 4 is 5.97 Å². The number of carbonyl (C=O) groups is 1. The maximum Gasteiger partial charge on any atom is 0.356 e. The summed E-state index contributed by atoms with van der Waals surface area (Å²) in [6.07, 6.45) is 5.07. The molecule has 0 amide bonds. The molecule has 19 heavy (non-hydrogen) atoms. The molecule has 1 unspecified atom stereocenters. The molecule has 0 bridgehead atoms. The first-order valence-electron chi connectivity index (χ1n) is 6.18. The van der Waals surface area contributed by atoms with Crippen LogP contribution in [0, 0.1) is 0 Å². The summed E-state index contributed by atoms with van der Waals surface area (Å²) in [5.74, 6) is -0.396. The quantitative estimate of drug-likeness (QED) is 0.850. The molecule has 3 heterocycles. The van der Waals surface area contributed by atoms with Gasteiger partial charge in [-0.1, -0.05) is 0 Å². The summed E-state index contributed by atoms with van der Waals surface area (Å²) in [4.78, 5) is 19.6. The molecular formula is C13H14N4O2. The van der Waals surface area contributed by atoms with Crippen LogP contribution < -0.4 is 5.73 Å². The van der Waals surface area contributed by atoms with Gasteiger partial charge in [0, 0.05) is 30.5 Å². The van der Waals surface area contributed by atoms with Gasteiger partial charge in [0.2, 0.25) is 0 Å². The van der Waals surface area contributed by atoms with Crippen molar-refractivity contribution < 1.29 is 9.90 Å². The van der Waals surface area contributed by atoms with Crippen molar-refractivity contribution in [3.05, 3.63) is 35.9 Å². The average molecular weight is 258 g/mol. The molecule has 0 aliphatic carbocycles. The number of nitrogens with two attached hydrogens (primary N) is 1. The highest BCUT2D eigenvalue weighted by Gasteiger charge is 2.29. The van der Waals surface area contributed by atoms with E-state index in [1.807, 2.05) is 10.6 Å². The van der Waals surface area contributed by atoms with Gasteiger partial charge in [-0.25, -0.2) is 9.78 Å². The van der Waals surface area contributed by atoms with E-state index in [9.17, 15) is 9.90 Å². The zero-order chi connectivity index (χ0) is 13.4. The van der Waals surface area contributed by atoms with Crippen molar-refractivity contribution in [1.29, 1.82) is 0 Å². The summed E-state index contributed by atoms with van der Waals surface area (Å²) in [5.41, 5.74) is 7.53. The largest absolute Gasteiger partial charge is 0.476 e. The van der Waals surface area contributed by atoms with Gasteiger partial charge in [-0.2, -0.15) is 0 Å². The van der Waals surface area contributed by atoms with Crippen LogP contribution in [0.2, 0.25) is 0 Å². The summed E-state index contributed by atoms with van der Waals surface area (Å²) >= 11 is 0. The van der Waals surface area contributed by atoms with Gasteiger partial charge in [0.15, 0.2) is 5.69 Å². The highest BCUT2D eigenvalue weighted by molar-refractivity contribution is 5.88. The summed E-state index contributed by atoms with van der Waals surface area (Å²) in [5, 5.41) is 9.27. The number of hydrogen-bond acceptors (Lipinski definition) is 4. The third kappa shape index (κ3) is 1.90. The van der Waals surface area contributed by atoms with Gasteiger partial charge in [0.25, 0.3) is 0 Å². The Kier molecular flexibility index (Phi) is 2.79. The van der Waals surface area contributed by atoms with Crippen LogP contribution in [0.15, 0.2) is 24.5 Å². The van der Waals surface area contributed by atoms with E-state index in [1.165, 1.54) is 0 Å². The van der Waals surface area contributed by atoms with Gasteiger partial charge >= 0.3 is 5.97 Å². The number of pyridine rings is 1. The smallest absolute Gasteiger partial charge is 0.356 e. The lowest BCUT2D eigenvalue weighted by atomic mass is 10.0. The summed E-state index contributed by atoms with van der Waals surface area (Å²) in [6.45, 7) is 0.744. The fourth-order valence-corrected chi connectivity index (χ4v) is 2.55. The highest BCUT2D eigenvalue weighted by Crippen LogP contribution is 2.31. The van der Waals surface area contributed by atoms with E-state index in [-0.39, 0.29) is 11.7 Å². The lowest BCUT2D eigenvalue weighted by Gasteiger charge is -2.22. The Hall–Kier alpha value is -2.21. The summed E-state index contributed by atoms with van der Waals surface area (Å²) in [7, 11) is 0. The molecule has 1 aliphatic heterocycles. The van der Waals surface area contributed by atoms with E-state index in [0.29, 0.717) is 11.5 Å². The molecule has 6 heteroatoms. The van der Waals surface area contributed by atoms with Crippen LogP contribution >= 0.6 is 0 Å². The fourth-order valence-electron chi connectivity index (χ4n) is 2.55. The van der Waals surface area contributed by atoms with Gasteiger partial charge in [-0.15, -0.1) is 0 Å². The van der Waals surface area contributed by atoms with Crippen molar-refractivity contribution in [3.63, 3.8) is 0 Å². The fraction of sp³-hybridized carbons (Fsp3) is 0.308. The van der Waals surface area contributed by atoms with E-state index >= 15 is 0 Å². The first-order chi connectivity index (χ1) is 9.18. The molecule has 6 nitrogen and oxygen atoms in total. The van der Waals surface area contributed by atoms with Crippen molar-refractivity contribution in [2.24, 2.45) is 5.73 Å². The second-order valence-corrected chi connectivity index (χ2v) is 4.62. The molecule has 3 rings (SSSR count). The number of rotatable bonds is 2. The van der Waals surface area contributed by atoms with E-state index in [4.69, 9.17) is 5.73 Å². The SMILES string of the molecule is NC1CCCn2c(-c3cccnc3)nc(C(=O)O)c21. The highest BCUT2D eigenvalue weighted by atomic mass is 16.4. The molecule has 2 aromatic heterocycles. The van der Waals surface area contributed by atoms with Gasteiger partial charge in [-0.3, -0.25) is 4.98 Å². The molecule has 0 radical (unpaired) electrons. The van der Waals surface area contributed by atoms with Crippen molar-refractivity contribution in [1.82, 2.24) is 14.5 Å². The minimum absolute atomic E-state index is 0.0612. The summed E-state index contributed by atoms with van der Waals surface area (Å²) < 4.78 is 1.91. The molecular weight excluding hydrogens is 244 g/mol. The molecule has 1 atom stereocenters. The number of nitrogens with zero attached hydrogens (tertiary/aromatic N) is 3. The van der Waals surface area contributed by atoms with Crippen LogP contribution in [0.1, 0.15) is 35.1 Å². The summed E-state index contributed by atoms with van der Waals surface area (Å²) in [6, 6.07) is 3.41. The number of carboxylic acids is 1. The second-order valence-electron chi connectivity index (χ2n) is 4.62. The Morgan fingerprint density at radius 2 is 2.37 bits per heavy atom. The van der Waals surface area contributed by atoms with Gasteiger partial charge < -0.3 is 15.4 Å². The maximum atomic E-state index is 11.3. The lowest BCUT2D eigenvalue weighted by Crippen LogP contribution is -2.23. The molecule has 0 fully saturated rings. The number of fused-ring (bicyclic) bond motifs is 1. The van der Waals surface area contributed by atoms with Crippen LogP contribution in [-0.4, -0.2) is 25.6 Å². The Morgan fingerprint density at radius 1 is 1.53 bits per heavy atom. The molecule has 3 N–H and O–H groups in total. The minimum Gasteiger partial charge on any atom is -0.476 e. The monoisotopic (exact) mass is 258 g/mol. The molecule has 0 aromatic carbocycles. The maximum absolute atomic E-state index is 11.3. The van der Waals surface area contributed by atoms with Crippen LogP contribution in [-0.2, 0) is 6.54 Å². The third-order valence-corrected chi connectivity index (χ3v) is 3.38. The van der Waals surface area contributed by atoms with E-state index in [2.05, 4.69) is 9.97 Å². The van der Waals surface area contributed by atoms with Crippen LogP contribution in [0.3, 0.4) is 0 Å². The van der Waals surface area contributed by atoms with E-state index in [0.717, 1.165) is 24.9 Å². The number of carboxylic acid groups (broad SMARTS) is 1. The lowest BCUT2D eigenvalue weighted by molar-refractivity contribution is 0.0688. The van der Waals surface area contributed by atoms with Crippen LogP contribution in [0.4, 0.5) is 0 Å².